The normalized spacial score (nSPS) is 12.1. The van der Waals surface area contributed by atoms with Crippen LogP contribution in [0.5, 0.6) is 0 Å². The Balaban J connectivity index is 2.23. The Hall–Kier alpha value is -3.16. The number of hydrogen-bond acceptors (Lipinski definition) is 7. The van der Waals surface area contributed by atoms with Gasteiger partial charge in [0.1, 0.15) is 23.3 Å². The van der Waals surface area contributed by atoms with Gasteiger partial charge in [-0.3, -0.25) is 0 Å². The van der Waals surface area contributed by atoms with Crippen LogP contribution in [0.15, 0.2) is 30.6 Å². The van der Waals surface area contributed by atoms with Crippen LogP contribution in [0.4, 0.5) is 15.4 Å². The molecule has 0 saturated carbocycles. The van der Waals surface area contributed by atoms with Crippen molar-refractivity contribution in [1.82, 2.24) is 14.9 Å². The van der Waals surface area contributed by atoms with Crippen LogP contribution in [-0.2, 0) is 9.47 Å². The summed E-state index contributed by atoms with van der Waals surface area (Å²) in [5.74, 6) is 0.722. The summed E-state index contributed by atoms with van der Waals surface area (Å²) >= 11 is 0. The topological polar surface area (TPSA) is 93.7 Å². The van der Waals surface area contributed by atoms with Crippen LogP contribution in [0.3, 0.4) is 0 Å². The Morgan fingerprint density at radius 3 is 2.17 bits per heavy atom. The Bertz CT molecular complexity index is 914. The maximum atomic E-state index is 12.5. The highest BCUT2D eigenvalue weighted by atomic mass is 16.6. The Morgan fingerprint density at radius 2 is 1.63 bits per heavy atom. The van der Waals surface area contributed by atoms with E-state index in [1.54, 1.807) is 54.7 Å². The monoisotopic (exact) mass is 414 g/mol. The van der Waals surface area contributed by atoms with Crippen LogP contribution in [0.2, 0.25) is 0 Å². The van der Waals surface area contributed by atoms with E-state index in [0.29, 0.717) is 0 Å². The Morgan fingerprint density at radius 1 is 1.03 bits per heavy atom. The molecule has 2 rings (SSSR count). The molecular formula is C22H30N4O4. The molecule has 0 fully saturated rings. The first-order chi connectivity index (χ1) is 13.9. The van der Waals surface area contributed by atoms with E-state index in [2.05, 4.69) is 15.3 Å². The van der Waals surface area contributed by atoms with Gasteiger partial charge in [0.05, 0.1) is 12.1 Å². The number of imide groups is 1. The number of aromatic nitrogens is 2. The average Bonchev–Trinajstić information content (AvgIpc) is 2.61. The number of carbonyl (C=O) groups excluding carboxylic acids is 2. The summed E-state index contributed by atoms with van der Waals surface area (Å²) in [5, 5.41) is 3.91. The minimum atomic E-state index is -0.759. The molecule has 2 amide bonds. The molecule has 0 radical (unpaired) electrons. The highest BCUT2D eigenvalue weighted by Gasteiger charge is 2.30. The first-order valence-electron chi connectivity index (χ1n) is 9.72. The number of ether oxygens (including phenoxy) is 2. The second kappa shape index (κ2) is 9.11. The van der Waals surface area contributed by atoms with Crippen LogP contribution in [0.1, 0.15) is 47.1 Å². The lowest BCUT2D eigenvalue weighted by Gasteiger charge is -2.28. The van der Waals surface area contributed by atoms with E-state index in [9.17, 15) is 9.59 Å². The van der Waals surface area contributed by atoms with Gasteiger partial charge in [0.15, 0.2) is 0 Å². The molecule has 1 N–H and O–H groups in total. The predicted octanol–water partition coefficient (Wildman–Crippen LogP) is 4.86. The minimum Gasteiger partial charge on any atom is -0.443 e. The van der Waals surface area contributed by atoms with Crippen molar-refractivity contribution in [3.8, 4) is 0 Å². The van der Waals surface area contributed by atoms with Crippen LogP contribution < -0.4 is 5.32 Å². The lowest BCUT2D eigenvalue weighted by atomic mass is 10.1. The molecule has 0 bridgehead atoms. The Kier molecular flexibility index (Phi) is 7.02. The molecule has 0 aliphatic carbocycles. The van der Waals surface area contributed by atoms with Gasteiger partial charge in [-0.15, -0.1) is 0 Å². The van der Waals surface area contributed by atoms with Crippen molar-refractivity contribution >= 4 is 35.0 Å². The molecule has 1 aromatic heterocycles. The molecule has 30 heavy (non-hydrogen) atoms. The molecule has 8 heteroatoms. The maximum absolute atomic E-state index is 12.5. The lowest BCUT2D eigenvalue weighted by molar-refractivity contribution is 0.00377. The molecule has 0 unspecified atom stereocenters. The fourth-order valence-electron chi connectivity index (χ4n) is 2.53. The standard InChI is InChI=1S/C22H30N4O4/c1-21(2,3)29-19(27)26(20(28)30-22(4,5)6)12-8-9-15-10-11-17-16(13-15)18(23-7)25-14-24-17/h8-11,13-14H,12H2,1-7H3,(H,23,24,25). The number of hydrogen-bond donors (Lipinski definition) is 1. The third kappa shape index (κ3) is 6.72. The molecule has 1 aromatic carbocycles. The van der Waals surface area contributed by atoms with E-state index in [1.165, 1.54) is 6.33 Å². The molecule has 2 aromatic rings. The van der Waals surface area contributed by atoms with Crippen molar-refractivity contribution in [3.05, 3.63) is 36.2 Å². The second-order valence-corrected chi connectivity index (χ2v) is 8.72. The maximum Gasteiger partial charge on any atom is 0.420 e. The summed E-state index contributed by atoms with van der Waals surface area (Å²) in [7, 11) is 1.80. The van der Waals surface area contributed by atoms with Gasteiger partial charge in [-0.05, 0) is 59.2 Å². The number of nitrogens with zero attached hydrogens (tertiary/aromatic N) is 3. The van der Waals surface area contributed by atoms with Crippen molar-refractivity contribution in [1.29, 1.82) is 0 Å². The smallest absolute Gasteiger partial charge is 0.420 e. The SMILES string of the molecule is CNc1ncnc2ccc(C=CCN(C(=O)OC(C)(C)C)C(=O)OC(C)(C)C)cc12. The predicted molar refractivity (Wildman–Crippen MR) is 117 cm³/mol. The number of fused-ring (bicyclic) bond motifs is 1. The second-order valence-electron chi connectivity index (χ2n) is 8.72. The molecule has 162 valence electrons. The van der Waals surface area contributed by atoms with E-state index in [0.717, 1.165) is 27.2 Å². The van der Waals surface area contributed by atoms with Crippen LogP contribution in [0, 0.1) is 0 Å². The molecule has 8 nitrogen and oxygen atoms in total. The Labute approximate surface area is 177 Å². The van der Waals surface area contributed by atoms with Crippen molar-refractivity contribution in [2.45, 2.75) is 52.7 Å². The van der Waals surface area contributed by atoms with Crippen LogP contribution in [0.25, 0.3) is 17.0 Å². The van der Waals surface area contributed by atoms with Crippen molar-refractivity contribution < 1.29 is 19.1 Å². The van der Waals surface area contributed by atoms with Gasteiger partial charge in [0.2, 0.25) is 0 Å². The van der Waals surface area contributed by atoms with Gasteiger partial charge < -0.3 is 14.8 Å². The summed E-state index contributed by atoms with van der Waals surface area (Å²) in [6, 6.07) is 5.72. The van der Waals surface area contributed by atoms with Gasteiger partial charge in [-0.25, -0.2) is 24.5 Å². The van der Waals surface area contributed by atoms with Crippen molar-refractivity contribution in [2.75, 3.05) is 18.9 Å². The van der Waals surface area contributed by atoms with Crippen molar-refractivity contribution in [3.63, 3.8) is 0 Å². The highest BCUT2D eigenvalue weighted by molar-refractivity contribution is 5.91. The number of nitrogens with one attached hydrogen (secondary N) is 1. The fraction of sp³-hybridized carbons (Fsp3) is 0.455. The molecule has 0 spiro atoms. The van der Waals surface area contributed by atoms with E-state index in [4.69, 9.17) is 9.47 Å². The third-order valence-electron chi connectivity index (χ3n) is 3.72. The molecular weight excluding hydrogens is 384 g/mol. The first-order valence-corrected chi connectivity index (χ1v) is 9.72. The highest BCUT2D eigenvalue weighted by Crippen LogP contribution is 2.21. The fourth-order valence-corrected chi connectivity index (χ4v) is 2.53. The van der Waals surface area contributed by atoms with E-state index in [-0.39, 0.29) is 6.54 Å². The van der Waals surface area contributed by atoms with Gasteiger partial charge in [0, 0.05) is 12.4 Å². The van der Waals surface area contributed by atoms with Crippen LogP contribution in [-0.4, -0.2) is 51.8 Å². The summed E-state index contributed by atoms with van der Waals surface area (Å²) < 4.78 is 10.7. The van der Waals surface area contributed by atoms with Gasteiger partial charge >= 0.3 is 12.2 Å². The van der Waals surface area contributed by atoms with Gasteiger partial charge in [-0.2, -0.15) is 0 Å². The molecule has 0 atom stereocenters. The molecule has 1 heterocycles. The lowest BCUT2D eigenvalue weighted by Crippen LogP contribution is -2.43. The average molecular weight is 415 g/mol. The van der Waals surface area contributed by atoms with E-state index < -0.39 is 23.4 Å². The summed E-state index contributed by atoms with van der Waals surface area (Å²) in [5.41, 5.74) is 0.226. The number of benzene rings is 1. The number of anilines is 1. The van der Waals surface area contributed by atoms with E-state index >= 15 is 0 Å². The number of carbonyl (C=O) groups is 2. The third-order valence-corrected chi connectivity index (χ3v) is 3.72. The molecule has 0 aliphatic heterocycles. The van der Waals surface area contributed by atoms with Gasteiger partial charge in [0.25, 0.3) is 0 Å². The first kappa shape index (κ1) is 23.1. The summed E-state index contributed by atoms with van der Waals surface area (Å²) in [6.07, 6.45) is 3.51. The largest absolute Gasteiger partial charge is 0.443 e. The van der Waals surface area contributed by atoms with Crippen LogP contribution >= 0.6 is 0 Å². The zero-order valence-corrected chi connectivity index (χ0v) is 18.6. The summed E-state index contributed by atoms with van der Waals surface area (Å²) in [4.78, 5) is 34.5. The van der Waals surface area contributed by atoms with E-state index in [1.807, 2.05) is 24.3 Å². The summed E-state index contributed by atoms with van der Waals surface area (Å²) in [6.45, 7) is 10.4. The molecule has 0 aliphatic rings. The number of amides is 2. The zero-order chi connectivity index (χ0) is 22.5. The quantitative estimate of drug-likeness (QED) is 0.764. The number of rotatable bonds is 4. The zero-order valence-electron chi connectivity index (χ0n) is 18.6. The minimum absolute atomic E-state index is 0.00599. The van der Waals surface area contributed by atoms with Crippen molar-refractivity contribution in [2.24, 2.45) is 0 Å². The van der Waals surface area contributed by atoms with Gasteiger partial charge in [-0.1, -0.05) is 18.2 Å². The molecule has 0 saturated heterocycles.